The maximum absolute atomic E-state index is 12.0. The van der Waals surface area contributed by atoms with Gasteiger partial charge in [-0.1, -0.05) is 34.1 Å². The Bertz CT molecular complexity index is 369. The first kappa shape index (κ1) is 12.4. The Morgan fingerprint density at radius 2 is 2.18 bits per heavy atom. The highest BCUT2D eigenvalue weighted by molar-refractivity contribution is 9.09. The van der Waals surface area contributed by atoms with Crippen molar-refractivity contribution in [1.82, 2.24) is 4.90 Å². The van der Waals surface area contributed by atoms with Crippen molar-refractivity contribution >= 4 is 21.8 Å². The van der Waals surface area contributed by atoms with E-state index in [2.05, 4.69) is 15.9 Å². The maximum Gasteiger partial charge on any atom is 0.260 e. The van der Waals surface area contributed by atoms with Crippen molar-refractivity contribution in [2.45, 2.75) is 18.9 Å². The molecule has 1 aliphatic heterocycles. The summed E-state index contributed by atoms with van der Waals surface area (Å²) in [5.74, 6) is 0.825. The number of carbonyl (C=O) groups is 1. The molecule has 0 saturated carbocycles. The van der Waals surface area contributed by atoms with Crippen LogP contribution in [0.15, 0.2) is 30.3 Å². The number of para-hydroxylation sites is 1. The number of amides is 1. The molecule has 0 aliphatic carbocycles. The average Bonchev–Trinajstić information content (AvgIpc) is 2.85. The number of halogens is 1. The number of ether oxygens (including phenoxy) is 1. The maximum atomic E-state index is 12.0. The van der Waals surface area contributed by atoms with Gasteiger partial charge in [0.1, 0.15) is 5.75 Å². The quantitative estimate of drug-likeness (QED) is 0.799. The van der Waals surface area contributed by atoms with Crippen molar-refractivity contribution in [2.75, 3.05) is 18.5 Å². The molecule has 0 unspecified atom stereocenters. The van der Waals surface area contributed by atoms with Gasteiger partial charge in [-0.2, -0.15) is 0 Å². The molecule has 0 aromatic heterocycles. The van der Waals surface area contributed by atoms with Gasteiger partial charge in [-0.15, -0.1) is 0 Å². The number of nitrogens with zero attached hydrogens (tertiary/aromatic N) is 1. The van der Waals surface area contributed by atoms with Crippen LogP contribution in [0.5, 0.6) is 5.75 Å². The SMILES string of the molecule is O=C(COc1ccccc1)N1CCC[C@H]1CBr. The van der Waals surface area contributed by atoms with Crippen LogP contribution in [-0.4, -0.2) is 35.3 Å². The number of carbonyl (C=O) groups excluding carboxylic acids is 1. The van der Waals surface area contributed by atoms with E-state index in [-0.39, 0.29) is 12.5 Å². The zero-order valence-electron chi connectivity index (χ0n) is 9.64. The summed E-state index contributed by atoms with van der Waals surface area (Å²) in [5, 5.41) is 0.851. The van der Waals surface area contributed by atoms with Crippen LogP contribution in [0, 0.1) is 0 Å². The number of likely N-dealkylation sites (tertiary alicyclic amines) is 1. The van der Waals surface area contributed by atoms with E-state index >= 15 is 0 Å². The van der Waals surface area contributed by atoms with Crippen LogP contribution in [0.2, 0.25) is 0 Å². The topological polar surface area (TPSA) is 29.5 Å². The Kier molecular flexibility index (Phi) is 4.42. The minimum atomic E-state index is 0.0794. The highest BCUT2D eigenvalue weighted by Crippen LogP contribution is 2.19. The van der Waals surface area contributed by atoms with Crippen molar-refractivity contribution in [2.24, 2.45) is 0 Å². The highest BCUT2D eigenvalue weighted by atomic mass is 79.9. The molecule has 2 rings (SSSR count). The molecule has 1 aromatic rings. The average molecular weight is 298 g/mol. The van der Waals surface area contributed by atoms with Crippen molar-refractivity contribution in [3.8, 4) is 5.75 Å². The lowest BCUT2D eigenvalue weighted by molar-refractivity contribution is -0.133. The fraction of sp³-hybridized carbons (Fsp3) is 0.462. The van der Waals surface area contributed by atoms with E-state index in [0.717, 1.165) is 30.5 Å². The molecule has 1 fully saturated rings. The standard InChI is InChI=1S/C13H16BrNO2/c14-9-11-5-4-8-15(11)13(16)10-17-12-6-2-1-3-7-12/h1-3,6-7,11H,4-5,8-10H2/t11-/m0/s1. The second kappa shape index (κ2) is 6.05. The van der Waals surface area contributed by atoms with Crippen LogP contribution in [0.3, 0.4) is 0 Å². The minimum absolute atomic E-state index is 0.0794. The summed E-state index contributed by atoms with van der Waals surface area (Å²) in [6.07, 6.45) is 2.18. The summed E-state index contributed by atoms with van der Waals surface area (Å²) in [4.78, 5) is 13.9. The van der Waals surface area contributed by atoms with E-state index < -0.39 is 0 Å². The van der Waals surface area contributed by atoms with Crippen molar-refractivity contribution in [3.05, 3.63) is 30.3 Å². The Labute approximate surface area is 110 Å². The number of benzene rings is 1. The lowest BCUT2D eigenvalue weighted by Gasteiger charge is -2.22. The lowest BCUT2D eigenvalue weighted by atomic mass is 10.2. The summed E-state index contributed by atoms with van der Waals surface area (Å²) < 4.78 is 5.47. The monoisotopic (exact) mass is 297 g/mol. The summed E-state index contributed by atoms with van der Waals surface area (Å²) in [6, 6.07) is 9.78. The number of hydrogen-bond donors (Lipinski definition) is 0. The fourth-order valence-corrected chi connectivity index (χ4v) is 2.74. The van der Waals surface area contributed by atoms with Crippen LogP contribution < -0.4 is 4.74 Å². The molecule has 0 bridgehead atoms. The van der Waals surface area contributed by atoms with Gasteiger partial charge in [-0.3, -0.25) is 4.79 Å². The van der Waals surface area contributed by atoms with Crippen molar-refractivity contribution in [1.29, 1.82) is 0 Å². The van der Waals surface area contributed by atoms with Gasteiger partial charge in [-0.05, 0) is 25.0 Å². The Morgan fingerprint density at radius 1 is 1.41 bits per heavy atom. The Hall–Kier alpha value is -1.03. The Balaban J connectivity index is 1.85. The predicted molar refractivity (Wildman–Crippen MR) is 70.5 cm³/mol. The molecular formula is C13H16BrNO2. The van der Waals surface area contributed by atoms with Gasteiger partial charge < -0.3 is 9.64 Å². The van der Waals surface area contributed by atoms with Gasteiger partial charge in [0, 0.05) is 17.9 Å². The van der Waals surface area contributed by atoms with E-state index in [1.165, 1.54) is 0 Å². The number of hydrogen-bond acceptors (Lipinski definition) is 2. The molecule has 0 spiro atoms. The first-order chi connectivity index (χ1) is 8.31. The summed E-state index contributed by atoms with van der Waals surface area (Å²) in [7, 11) is 0. The molecule has 17 heavy (non-hydrogen) atoms. The van der Waals surface area contributed by atoms with E-state index in [1.54, 1.807) is 0 Å². The molecule has 1 atom stereocenters. The van der Waals surface area contributed by atoms with Gasteiger partial charge in [0.25, 0.3) is 5.91 Å². The van der Waals surface area contributed by atoms with Crippen LogP contribution >= 0.6 is 15.9 Å². The van der Waals surface area contributed by atoms with Crippen LogP contribution in [0.25, 0.3) is 0 Å². The largest absolute Gasteiger partial charge is 0.484 e. The van der Waals surface area contributed by atoms with Crippen LogP contribution in [-0.2, 0) is 4.79 Å². The molecule has 92 valence electrons. The molecule has 3 nitrogen and oxygen atoms in total. The highest BCUT2D eigenvalue weighted by Gasteiger charge is 2.27. The molecule has 1 heterocycles. The number of alkyl halides is 1. The number of rotatable bonds is 4. The van der Waals surface area contributed by atoms with Gasteiger partial charge in [-0.25, -0.2) is 0 Å². The molecule has 0 radical (unpaired) electrons. The van der Waals surface area contributed by atoms with E-state index in [1.807, 2.05) is 35.2 Å². The van der Waals surface area contributed by atoms with Gasteiger partial charge in [0.15, 0.2) is 6.61 Å². The third-order valence-corrected chi connectivity index (χ3v) is 3.73. The molecule has 1 aliphatic rings. The van der Waals surface area contributed by atoms with E-state index in [9.17, 15) is 4.79 Å². The first-order valence-electron chi connectivity index (χ1n) is 5.84. The smallest absolute Gasteiger partial charge is 0.260 e. The first-order valence-corrected chi connectivity index (χ1v) is 6.96. The molecule has 1 amide bonds. The molecule has 1 aromatic carbocycles. The zero-order valence-corrected chi connectivity index (χ0v) is 11.2. The van der Waals surface area contributed by atoms with E-state index in [4.69, 9.17) is 4.74 Å². The molecular weight excluding hydrogens is 282 g/mol. The van der Waals surface area contributed by atoms with Crippen molar-refractivity contribution < 1.29 is 9.53 Å². The van der Waals surface area contributed by atoms with Gasteiger partial charge in [0.05, 0.1) is 0 Å². The lowest BCUT2D eigenvalue weighted by Crippen LogP contribution is -2.39. The van der Waals surface area contributed by atoms with Crippen LogP contribution in [0.4, 0.5) is 0 Å². The third kappa shape index (κ3) is 3.22. The minimum Gasteiger partial charge on any atom is -0.484 e. The van der Waals surface area contributed by atoms with Crippen LogP contribution in [0.1, 0.15) is 12.8 Å². The summed E-state index contributed by atoms with van der Waals surface area (Å²) in [6.45, 7) is 0.987. The molecule has 1 saturated heterocycles. The normalized spacial score (nSPS) is 19.4. The Morgan fingerprint density at radius 3 is 2.88 bits per heavy atom. The zero-order chi connectivity index (χ0) is 12.1. The van der Waals surface area contributed by atoms with Gasteiger partial charge in [0.2, 0.25) is 0 Å². The fourth-order valence-electron chi connectivity index (χ4n) is 2.07. The second-order valence-electron chi connectivity index (χ2n) is 4.14. The molecule has 4 heteroatoms. The third-order valence-electron chi connectivity index (χ3n) is 2.98. The summed E-state index contributed by atoms with van der Waals surface area (Å²) >= 11 is 3.45. The summed E-state index contributed by atoms with van der Waals surface area (Å²) in [5.41, 5.74) is 0. The predicted octanol–water partition coefficient (Wildman–Crippen LogP) is 2.45. The molecule has 0 N–H and O–H groups in total. The van der Waals surface area contributed by atoms with Crippen molar-refractivity contribution in [3.63, 3.8) is 0 Å². The van der Waals surface area contributed by atoms with Gasteiger partial charge >= 0.3 is 0 Å². The second-order valence-corrected chi connectivity index (χ2v) is 4.79. The van der Waals surface area contributed by atoms with E-state index in [0.29, 0.717) is 6.04 Å².